The molecule has 106 valence electrons. The molecular weight excluding hydrogens is 268 g/mol. The minimum Gasteiger partial charge on any atom is -0.344 e. The van der Waals surface area contributed by atoms with E-state index < -0.39 is 0 Å². The summed E-state index contributed by atoms with van der Waals surface area (Å²) in [5, 5.41) is 3.16. The first-order valence-electron chi connectivity index (χ1n) is 6.88. The Morgan fingerprint density at radius 3 is 2.60 bits per heavy atom. The number of nitrogens with one attached hydrogen (secondary N) is 1. The van der Waals surface area contributed by atoms with Crippen LogP contribution in [-0.2, 0) is 4.79 Å². The largest absolute Gasteiger partial charge is 0.344 e. The van der Waals surface area contributed by atoms with Gasteiger partial charge < -0.3 is 5.32 Å². The fourth-order valence-corrected chi connectivity index (χ4v) is 2.88. The summed E-state index contributed by atoms with van der Waals surface area (Å²) in [4.78, 5) is 17.6. The monoisotopic (exact) mass is 288 g/mol. The van der Waals surface area contributed by atoms with Crippen molar-refractivity contribution in [3.05, 3.63) is 52.0 Å². The van der Waals surface area contributed by atoms with Crippen molar-refractivity contribution in [2.75, 3.05) is 0 Å². The maximum Gasteiger partial charge on any atom is 0.223 e. The summed E-state index contributed by atoms with van der Waals surface area (Å²) < 4.78 is 0. The smallest absolute Gasteiger partial charge is 0.223 e. The second-order valence-electron chi connectivity index (χ2n) is 4.96. The lowest BCUT2D eigenvalue weighted by Gasteiger charge is -2.20. The average Bonchev–Trinajstić information content (AvgIpc) is 2.90. The van der Waals surface area contributed by atoms with E-state index in [4.69, 9.17) is 0 Å². The molecule has 0 aliphatic rings. The lowest BCUT2D eigenvalue weighted by Crippen LogP contribution is -2.33. The topological polar surface area (TPSA) is 42.0 Å². The van der Waals surface area contributed by atoms with Crippen molar-refractivity contribution in [1.82, 2.24) is 10.3 Å². The molecule has 0 spiro atoms. The van der Waals surface area contributed by atoms with Gasteiger partial charge in [-0.05, 0) is 18.9 Å². The first-order valence-corrected chi connectivity index (χ1v) is 7.76. The quantitative estimate of drug-likeness (QED) is 0.911. The molecule has 0 aliphatic carbocycles. The average molecular weight is 288 g/mol. The van der Waals surface area contributed by atoms with Crippen LogP contribution in [0.5, 0.6) is 0 Å². The standard InChI is InChI=1S/C16H20N2OS/c1-4-11(2)16(19)18-14(13-8-6-5-7-9-13)15-12(3)17-10-20-15/h5-11,14H,4H2,1-3H3,(H,18,19)/t11-,14+/m0/s1. The van der Waals surface area contributed by atoms with Crippen LogP contribution in [0.3, 0.4) is 0 Å². The maximum absolute atomic E-state index is 12.2. The predicted molar refractivity (Wildman–Crippen MR) is 82.7 cm³/mol. The van der Waals surface area contributed by atoms with Crippen LogP contribution in [-0.4, -0.2) is 10.9 Å². The lowest BCUT2D eigenvalue weighted by molar-refractivity contribution is -0.125. The number of hydrogen-bond donors (Lipinski definition) is 1. The highest BCUT2D eigenvalue weighted by molar-refractivity contribution is 7.09. The predicted octanol–water partition coefficient (Wildman–Crippen LogP) is 3.70. The maximum atomic E-state index is 12.2. The van der Waals surface area contributed by atoms with Crippen molar-refractivity contribution in [2.45, 2.75) is 33.2 Å². The highest BCUT2D eigenvalue weighted by Gasteiger charge is 2.22. The number of benzene rings is 1. The number of carbonyl (C=O) groups is 1. The van der Waals surface area contributed by atoms with E-state index in [2.05, 4.69) is 10.3 Å². The summed E-state index contributed by atoms with van der Waals surface area (Å²) in [7, 11) is 0. The molecule has 0 bridgehead atoms. The number of carbonyl (C=O) groups excluding carboxylic acids is 1. The fraction of sp³-hybridized carbons (Fsp3) is 0.375. The van der Waals surface area contributed by atoms with Crippen LogP contribution < -0.4 is 5.32 Å². The first kappa shape index (κ1) is 14.7. The highest BCUT2D eigenvalue weighted by atomic mass is 32.1. The summed E-state index contributed by atoms with van der Waals surface area (Å²) in [6.45, 7) is 5.97. The van der Waals surface area contributed by atoms with Gasteiger partial charge in [-0.25, -0.2) is 4.98 Å². The van der Waals surface area contributed by atoms with E-state index in [1.54, 1.807) is 11.3 Å². The van der Waals surface area contributed by atoms with Gasteiger partial charge in [-0.1, -0.05) is 44.2 Å². The summed E-state index contributed by atoms with van der Waals surface area (Å²) in [5.41, 5.74) is 3.90. The molecule has 1 amide bonds. The lowest BCUT2D eigenvalue weighted by atomic mass is 10.0. The number of thiazole rings is 1. The zero-order valence-corrected chi connectivity index (χ0v) is 12.9. The van der Waals surface area contributed by atoms with Crippen LogP contribution in [0.25, 0.3) is 0 Å². The molecule has 2 aromatic rings. The zero-order valence-electron chi connectivity index (χ0n) is 12.1. The Hall–Kier alpha value is -1.68. The molecule has 0 radical (unpaired) electrons. The second kappa shape index (κ2) is 6.66. The third-order valence-electron chi connectivity index (χ3n) is 3.52. The first-order chi connectivity index (χ1) is 9.63. The molecule has 0 saturated heterocycles. The van der Waals surface area contributed by atoms with Crippen LogP contribution >= 0.6 is 11.3 Å². The van der Waals surface area contributed by atoms with Crippen molar-refractivity contribution in [2.24, 2.45) is 5.92 Å². The Morgan fingerprint density at radius 2 is 2.05 bits per heavy atom. The Labute approximate surface area is 124 Å². The zero-order chi connectivity index (χ0) is 14.5. The van der Waals surface area contributed by atoms with Crippen molar-refractivity contribution in [3.63, 3.8) is 0 Å². The van der Waals surface area contributed by atoms with Crippen molar-refractivity contribution in [3.8, 4) is 0 Å². The molecule has 0 fully saturated rings. The van der Waals surface area contributed by atoms with Crippen LogP contribution in [0.15, 0.2) is 35.8 Å². The van der Waals surface area contributed by atoms with E-state index >= 15 is 0 Å². The van der Waals surface area contributed by atoms with Gasteiger partial charge in [-0.2, -0.15) is 0 Å². The van der Waals surface area contributed by atoms with Gasteiger partial charge in [0.2, 0.25) is 5.91 Å². The number of aromatic nitrogens is 1. The molecule has 2 rings (SSSR count). The highest BCUT2D eigenvalue weighted by Crippen LogP contribution is 2.28. The van der Waals surface area contributed by atoms with E-state index in [9.17, 15) is 4.79 Å². The molecule has 4 heteroatoms. The number of hydrogen-bond acceptors (Lipinski definition) is 3. The number of nitrogens with zero attached hydrogens (tertiary/aromatic N) is 1. The van der Waals surface area contributed by atoms with Crippen molar-refractivity contribution < 1.29 is 4.79 Å². The Balaban J connectivity index is 2.31. The molecule has 0 unspecified atom stereocenters. The van der Waals surface area contributed by atoms with Crippen LogP contribution in [0, 0.1) is 12.8 Å². The third kappa shape index (κ3) is 3.25. The molecule has 0 aliphatic heterocycles. The third-order valence-corrected chi connectivity index (χ3v) is 4.52. The molecule has 2 atom stereocenters. The van der Waals surface area contributed by atoms with Crippen LogP contribution in [0.4, 0.5) is 0 Å². The molecule has 1 aromatic heterocycles. The Morgan fingerprint density at radius 1 is 1.35 bits per heavy atom. The van der Waals surface area contributed by atoms with Gasteiger partial charge in [-0.3, -0.25) is 4.79 Å². The molecule has 1 aromatic carbocycles. The van der Waals surface area contributed by atoms with E-state index in [1.807, 2.05) is 56.6 Å². The molecule has 0 saturated carbocycles. The van der Waals surface area contributed by atoms with Gasteiger partial charge in [0.1, 0.15) is 0 Å². The SMILES string of the molecule is CC[C@H](C)C(=O)N[C@H](c1ccccc1)c1scnc1C. The van der Waals surface area contributed by atoms with Crippen LogP contribution in [0.2, 0.25) is 0 Å². The number of rotatable bonds is 5. The van der Waals surface area contributed by atoms with Crippen molar-refractivity contribution in [1.29, 1.82) is 0 Å². The van der Waals surface area contributed by atoms with E-state index in [1.165, 1.54) is 0 Å². The van der Waals surface area contributed by atoms with Gasteiger partial charge in [-0.15, -0.1) is 11.3 Å². The van der Waals surface area contributed by atoms with E-state index in [-0.39, 0.29) is 17.9 Å². The molecule has 3 nitrogen and oxygen atoms in total. The summed E-state index contributed by atoms with van der Waals surface area (Å²) >= 11 is 1.59. The molecule has 1 N–H and O–H groups in total. The Bertz CT molecular complexity index is 565. The summed E-state index contributed by atoms with van der Waals surface area (Å²) in [6, 6.07) is 9.95. The second-order valence-corrected chi connectivity index (χ2v) is 5.85. The number of aryl methyl sites for hydroxylation is 1. The van der Waals surface area contributed by atoms with Gasteiger partial charge in [0, 0.05) is 5.92 Å². The van der Waals surface area contributed by atoms with Gasteiger partial charge >= 0.3 is 0 Å². The van der Waals surface area contributed by atoms with Gasteiger partial charge in [0.05, 0.1) is 22.1 Å². The Kier molecular flexibility index (Phi) is 4.90. The minimum absolute atomic E-state index is 0.0226. The van der Waals surface area contributed by atoms with Crippen molar-refractivity contribution >= 4 is 17.2 Å². The van der Waals surface area contributed by atoms with Gasteiger partial charge in [0.25, 0.3) is 0 Å². The fourth-order valence-electron chi connectivity index (χ4n) is 2.00. The molecule has 20 heavy (non-hydrogen) atoms. The summed E-state index contributed by atoms with van der Waals surface area (Å²) in [6.07, 6.45) is 0.842. The number of amides is 1. The molecule has 1 heterocycles. The minimum atomic E-state index is -0.106. The van der Waals surface area contributed by atoms with E-state index in [0.29, 0.717) is 0 Å². The normalized spacial score (nSPS) is 13.8. The summed E-state index contributed by atoms with van der Waals surface area (Å²) in [5.74, 6) is 0.114. The van der Waals surface area contributed by atoms with E-state index in [0.717, 1.165) is 22.6 Å². The van der Waals surface area contributed by atoms with Gasteiger partial charge in [0.15, 0.2) is 0 Å². The van der Waals surface area contributed by atoms with Crippen LogP contribution in [0.1, 0.15) is 42.4 Å². The molecular formula is C16H20N2OS.